The molecule has 0 atom stereocenters. The fourth-order valence-electron chi connectivity index (χ4n) is 2.65. The maximum Gasteiger partial charge on any atom is 0.240 e. The summed E-state index contributed by atoms with van der Waals surface area (Å²) in [6, 6.07) is 13.9. The van der Waals surface area contributed by atoms with Gasteiger partial charge in [-0.1, -0.05) is 32.0 Å². The molecule has 146 valence electrons. The number of benzene rings is 2. The van der Waals surface area contributed by atoms with E-state index in [1.54, 1.807) is 43.5 Å². The molecule has 2 aromatic carbocycles. The third kappa shape index (κ3) is 5.55. The summed E-state index contributed by atoms with van der Waals surface area (Å²) in [4.78, 5) is 13.7. The van der Waals surface area contributed by atoms with E-state index in [4.69, 9.17) is 4.74 Å². The van der Waals surface area contributed by atoms with Gasteiger partial charge in [-0.2, -0.15) is 0 Å². The van der Waals surface area contributed by atoms with E-state index in [1.165, 1.54) is 11.8 Å². The van der Waals surface area contributed by atoms with Crippen LogP contribution in [0.15, 0.2) is 53.4 Å². The summed E-state index contributed by atoms with van der Waals surface area (Å²) >= 11 is 0. The van der Waals surface area contributed by atoms with Crippen molar-refractivity contribution in [2.75, 3.05) is 25.1 Å². The van der Waals surface area contributed by atoms with E-state index >= 15 is 0 Å². The average Bonchev–Trinajstić information content (AvgIpc) is 2.65. The summed E-state index contributed by atoms with van der Waals surface area (Å²) in [5, 5.41) is 0. The van der Waals surface area contributed by atoms with Crippen LogP contribution in [0.1, 0.15) is 32.3 Å². The zero-order valence-electron chi connectivity index (χ0n) is 16.1. The number of rotatable bonds is 8. The Hall–Kier alpha value is -2.38. The number of methoxy groups -OCH3 is 1. The van der Waals surface area contributed by atoms with Crippen LogP contribution in [0.2, 0.25) is 0 Å². The van der Waals surface area contributed by atoms with Crippen molar-refractivity contribution in [2.24, 2.45) is 0 Å². The number of carbonyl (C=O) groups is 1. The Morgan fingerprint density at radius 2 is 1.81 bits per heavy atom. The van der Waals surface area contributed by atoms with Crippen molar-refractivity contribution in [2.45, 2.75) is 31.6 Å². The third-order valence-corrected chi connectivity index (χ3v) is 5.71. The number of amides is 1. The van der Waals surface area contributed by atoms with E-state index in [1.807, 2.05) is 12.1 Å². The maximum absolute atomic E-state index is 12.5. The summed E-state index contributed by atoms with van der Waals surface area (Å²) in [5.41, 5.74) is 1.73. The first-order valence-electron chi connectivity index (χ1n) is 8.76. The Balaban J connectivity index is 2.06. The standard InChI is InChI=1S/C20H26N2O4S/c1-15(2)17-8-10-20(11-9-17)27(24,25)21-12-13-22(16(3)23)18-6-5-7-19(14-18)26-4/h5-11,14-15,21H,12-13H2,1-4H3. The maximum atomic E-state index is 12.5. The molecule has 0 fully saturated rings. The van der Waals surface area contributed by atoms with Crippen LogP contribution in [0.5, 0.6) is 5.75 Å². The Morgan fingerprint density at radius 1 is 1.15 bits per heavy atom. The van der Waals surface area contributed by atoms with Crippen molar-refractivity contribution in [3.8, 4) is 5.75 Å². The second-order valence-electron chi connectivity index (χ2n) is 6.49. The molecular formula is C20H26N2O4S. The fourth-order valence-corrected chi connectivity index (χ4v) is 3.67. The highest BCUT2D eigenvalue weighted by atomic mass is 32.2. The molecule has 7 heteroatoms. The topological polar surface area (TPSA) is 75.7 Å². The first-order chi connectivity index (χ1) is 12.7. The van der Waals surface area contributed by atoms with Crippen molar-refractivity contribution in [3.63, 3.8) is 0 Å². The summed E-state index contributed by atoms with van der Waals surface area (Å²) in [5.74, 6) is 0.787. The SMILES string of the molecule is COc1cccc(N(CCNS(=O)(=O)c2ccc(C(C)C)cc2)C(C)=O)c1. The predicted molar refractivity (Wildman–Crippen MR) is 107 cm³/mol. The second-order valence-corrected chi connectivity index (χ2v) is 8.26. The van der Waals surface area contributed by atoms with E-state index in [0.29, 0.717) is 17.4 Å². The first-order valence-corrected chi connectivity index (χ1v) is 10.2. The minimum atomic E-state index is -3.63. The Labute approximate surface area is 161 Å². The number of ether oxygens (including phenoxy) is 1. The molecule has 0 bridgehead atoms. The lowest BCUT2D eigenvalue weighted by molar-refractivity contribution is -0.116. The number of hydrogen-bond donors (Lipinski definition) is 1. The Morgan fingerprint density at radius 3 is 2.37 bits per heavy atom. The minimum Gasteiger partial charge on any atom is -0.497 e. The normalized spacial score (nSPS) is 11.4. The van der Waals surface area contributed by atoms with Crippen LogP contribution < -0.4 is 14.4 Å². The Bertz CT molecular complexity index is 877. The lowest BCUT2D eigenvalue weighted by Gasteiger charge is -2.22. The van der Waals surface area contributed by atoms with Crippen LogP contribution in [-0.4, -0.2) is 34.5 Å². The molecule has 0 aliphatic rings. The number of anilines is 1. The van der Waals surface area contributed by atoms with Gasteiger partial charge >= 0.3 is 0 Å². The molecule has 27 heavy (non-hydrogen) atoms. The number of nitrogens with one attached hydrogen (secondary N) is 1. The highest BCUT2D eigenvalue weighted by Crippen LogP contribution is 2.21. The molecule has 1 amide bonds. The van der Waals surface area contributed by atoms with Crippen LogP contribution in [0.3, 0.4) is 0 Å². The van der Waals surface area contributed by atoms with Crippen molar-refractivity contribution in [1.82, 2.24) is 4.72 Å². The summed E-state index contributed by atoms with van der Waals surface area (Å²) in [6.07, 6.45) is 0. The molecule has 2 aromatic rings. The molecule has 0 spiro atoms. The molecule has 0 heterocycles. The van der Waals surface area contributed by atoms with Gasteiger partial charge in [0, 0.05) is 31.8 Å². The molecule has 0 aliphatic carbocycles. The van der Waals surface area contributed by atoms with Gasteiger partial charge in [-0.15, -0.1) is 0 Å². The molecule has 0 saturated carbocycles. The van der Waals surface area contributed by atoms with Gasteiger partial charge in [-0.3, -0.25) is 4.79 Å². The third-order valence-electron chi connectivity index (χ3n) is 4.23. The van der Waals surface area contributed by atoms with E-state index in [0.717, 1.165) is 5.56 Å². The van der Waals surface area contributed by atoms with Gasteiger partial charge in [0.2, 0.25) is 15.9 Å². The van der Waals surface area contributed by atoms with Crippen LogP contribution in [0, 0.1) is 0 Å². The van der Waals surface area contributed by atoms with Crippen molar-refractivity contribution < 1.29 is 17.9 Å². The van der Waals surface area contributed by atoms with Gasteiger partial charge in [-0.25, -0.2) is 13.1 Å². The molecule has 2 rings (SSSR count). The highest BCUT2D eigenvalue weighted by molar-refractivity contribution is 7.89. The van der Waals surface area contributed by atoms with Gasteiger partial charge in [0.05, 0.1) is 12.0 Å². The molecular weight excluding hydrogens is 364 g/mol. The van der Waals surface area contributed by atoms with Crippen molar-refractivity contribution >= 4 is 21.6 Å². The molecule has 1 N–H and O–H groups in total. The van der Waals surface area contributed by atoms with Crippen LogP contribution >= 0.6 is 0 Å². The van der Waals surface area contributed by atoms with Crippen LogP contribution in [0.4, 0.5) is 5.69 Å². The molecule has 0 unspecified atom stereocenters. The monoisotopic (exact) mass is 390 g/mol. The van der Waals surface area contributed by atoms with Gasteiger partial charge < -0.3 is 9.64 Å². The first kappa shape index (κ1) is 20.9. The Kier molecular flexibility index (Phi) is 6.98. The zero-order valence-corrected chi connectivity index (χ0v) is 16.9. The van der Waals surface area contributed by atoms with Gasteiger partial charge in [0.15, 0.2) is 0 Å². The van der Waals surface area contributed by atoms with E-state index in [9.17, 15) is 13.2 Å². The lowest BCUT2D eigenvalue weighted by Crippen LogP contribution is -2.37. The molecule has 0 aliphatic heterocycles. The van der Waals surface area contributed by atoms with Crippen LogP contribution in [0.25, 0.3) is 0 Å². The average molecular weight is 391 g/mol. The van der Waals surface area contributed by atoms with Crippen molar-refractivity contribution in [3.05, 3.63) is 54.1 Å². The molecule has 0 aromatic heterocycles. The lowest BCUT2D eigenvalue weighted by atomic mass is 10.0. The van der Waals surface area contributed by atoms with Crippen molar-refractivity contribution in [1.29, 1.82) is 0 Å². The summed E-state index contributed by atoms with van der Waals surface area (Å²) in [6.45, 7) is 5.86. The molecule has 0 saturated heterocycles. The molecule has 0 radical (unpaired) electrons. The largest absolute Gasteiger partial charge is 0.497 e. The van der Waals surface area contributed by atoms with Gasteiger partial charge in [-0.05, 0) is 35.7 Å². The number of sulfonamides is 1. The summed E-state index contributed by atoms with van der Waals surface area (Å²) in [7, 11) is -2.08. The summed E-state index contributed by atoms with van der Waals surface area (Å²) < 4.78 is 32.7. The fraction of sp³-hybridized carbons (Fsp3) is 0.350. The van der Waals surface area contributed by atoms with Gasteiger partial charge in [0.25, 0.3) is 0 Å². The zero-order chi connectivity index (χ0) is 20.0. The highest BCUT2D eigenvalue weighted by Gasteiger charge is 2.17. The minimum absolute atomic E-state index is 0.102. The number of nitrogens with zero attached hydrogens (tertiary/aromatic N) is 1. The van der Waals surface area contributed by atoms with E-state index < -0.39 is 10.0 Å². The quantitative estimate of drug-likeness (QED) is 0.751. The number of carbonyl (C=O) groups excluding carboxylic acids is 1. The van der Waals surface area contributed by atoms with E-state index in [2.05, 4.69) is 18.6 Å². The van der Waals surface area contributed by atoms with E-state index in [-0.39, 0.29) is 23.9 Å². The number of hydrogen-bond acceptors (Lipinski definition) is 4. The van der Waals surface area contributed by atoms with Gasteiger partial charge in [0.1, 0.15) is 5.75 Å². The predicted octanol–water partition coefficient (Wildman–Crippen LogP) is 3.15. The smallest absolute Gasteiger partial charge is 0.240 e. The second kappa shape index (κ2) is 9.01. The van der Waals surface area contributed by atoms with Crippen LogP contribution in [-0.2, 0) is 14.8 Å². The molecule has 6 nitrogen and oxygen atoms in total.